The Balaban J connectivity index is 1.11. The Kier molecular flexibility index (Phi) is 7.58. The van der Waals surface area contributed by atoms with Crippen LogP contribution in [0.1, 0.15) is 77.0 Å². The Morgan fingerprint density at radius 3 is 1.51 bits per heavy atom. The van der Waals surface area contributed by atoms with E-state index in [1.165, 1.54) is 45.2 Å². The molecule has 8 bridgehead atoms. The fourth-order valence-corrected chi connectivity index (χ4v) is 20.9. The van der Waals surface area contributed by atoms with Gasteiger partial charge in [0.05, 0.1) is 8.07 Å². The van der Waals surface area contributed by atoms with Crippen molar-refractivity contribution < 1.29 is 0 Å². The SMILES string of the molecule is C[Si](C)(C)C1C=C(CP(C2C3CC4CC(C3)CC2C4)C2C3CC4CC(C3)CC2C4)C(C(P)(C2CCNC2)C2CCNC2)=C1. The minimum atomic E-state index is -1.33. The van der Waals surface area contributed by atoms with Crippen molar-refractivity contribution in [2.75, 3.05) is 32.3 Å². The van der Waals surface area contributed by atoms with E-state index >= 15 is 0 Å². The molecule has 4 unspecified atom stereocenters. The number of rotatable bonds is 8. The van der Waals surface area contributed by atoms with Gasteiger partial charge in [0, 0.05) is 5.16 Å². The lowest BCUT2D eigenvalue weighted by molar-refractivity contribution is 0.0131. The van der Waals surface area contributed by atoms with E-state index in [9.17, 15) is 0 Å². The average Bonchev–Trinajstić information content (AvgIpc) is 3.74. The van der Waals surface area contributed by atoms with Gasteiger partial charge in [0.15, 0.2) is 0 Å². The highest BCUT2D eigenvalue weighted by atomic mass is 31.1. The Bertz CT molecular complexity index is 1030. The molecule has 0 spiro atoms. The van der Waals surface area contributed by atoms with E-state index in [4.69, 9.17) is 0 Å². The number of hydrogen-bond acceptors (Lipinski definition) is 2. The van der Waals surface area contributed by atoms with Gasteiger partial charge in [0.25, 0.3) is 0 Å². The van der Waals surface area contributed by atoms with Gasteiger partial charge in [-0.15, -0.1) is 9.24 Å². The molecule has 0 aromatic rings. The number of hydrogen-bond donors (Lipinski definition) is 2. The Hall–Kier alpha value is 0.477. The van der Waals surface area contributed by atoms with Gasteiger partial charge in [0.1, 0.15) is 0 Å². The van der Waals surface area contributed by atoms with E-state index < -0.39 is 8.07 Å². The second-order valence-electron chi connectivity index (χ2n) is 19.0. The van der Waals surface area contributed by atoms with Gasteiger partial charge in [-0.2, -0.15) is 0 Å². The van der Waals surface area contributed by atoms with Crippen LogP contribution in [0.3, 0.4) is 0 Å². The van der Waals surface area contributed by atoms with Gasteiger partial charge in [0.2, 0.25) is 0 Å². The van der Waals surface area contributed by atoms with Crippen molar-refractivity contribution in [2.24, 2.45) is 59.2 Å². The molecule has 8 saturated carbocycles. The summed E-state index contributed by atoms with van der Waals surface area (Å²) < 4.78 is 0. The first kappa shape index (κ1) is 29.6. The molecule has 5 heteroatoms. The Morgan fingerprint density at radius 2 is 1.14 bits per heavy atom. The van der Waals surface area contributed by atoms with Crippen LogP contribution in [0.5, 0.6) is 0 Å². The van der Waals surface area contributed by atoms with Gasteiger partial charge in [-0.25, -0.2) is 0 Å². The van der Waals surface area contributed by atoms with Crippen molar-refractivity contribution in [1.29, 1.82) is 0 Å². The third-order valence-electron chi connectivity index (χ3n) is 15.5. The van der Waals surface area contributed by atoms with E-state index in [1.807, 2.05) is 11.1 Å². The lowest BCUT2D eigenvalue weighted by Crippen LogP contribution is -2.53. The molecule has 0 radical (unpaired) electrons. The quantitative estimate of drug-likeness (QED) is 0.206. The molecule has 9 aliphatic carbocycles. The van der Waals surface area contributed by atoms with Crippen LogP contribution in [-0.4, -0.2) is 56.9 Å². The van der Waals surface area contributed by atoms with E-state index in [2.05, 4.69) is 51.7 Å². The second kappa shape index (κ2) is 11.0. The molecule has 0 aromatic heterocycles. The first-order valence-electron chi connectivity index (χ1n) is 19.1. The summed E-state index contributed by atoms with van der Waals surface area (Å²) in [6.45, 7) is 12.9. The molecule has 11 aliphatic rings. The zero-order valence-corrected chi connectivity index (χ0v) is 30.8. The number of nitrogens with one attached hydrogen (secondary N) is 2. The summed E-state index contributed by atoms with van der Waals surface area (Å²) in [5.74, 6) is 10.4. The van der Waals surface area contributed by atoms with Crippen LogP contribution in [-0.2, 0) is 0 Å². The summed E-state index contributed by atoms with van der Waals surface area (Å²) in [5, 5.41) is 7.91. The molecule has 4 atom stereocenters. The van der Waals surface area contributed by atoms with Crippen LogP contribution in [0.2, 0.25) is 25.2 Å². The van der Waals surface area contributed by atoms with E-state index in [1.54, 1.807) is 64.2 Å². The second-order valence-corrected chi connectivity index (χ2v) is 27.9. The standard InChI is InChI=1S/C38H62N2P2Si/c1-43(2,3)34-18-31(35(19-34)38(41,32-4-6-39-20-32)33-5-7-40-21-33)22-42(36-27-10-23-8-24(12-27)13-28(36)11-23)37-29-14-25-9-26(16-29)17-30(37)15-25/h18-19,23-30,32-34,36-37,39-40H,4-17,20-22,41H2,1-3H3. The average molecular weight is 637 g/mol. The fraction of sp³-hybridized carbons (Fsp3) is 0.895. The molecule has 43 heavy (non-hydrogen) atoms. The van der Waals surface area contributed by atoms with Crippen molar-refractivity contribution >= 4 is 25.2 Å². The minimum Gasteiger partial charge on any atom is -0.316 e. The van der Waals surface area contributed by atoms with Crippen molar-refractivity contribution in [3.63, 3.8) is 0 Å². The molecule has 2 aliphatic heterocycles. The predicted octanol–water partition coefficient (Wildman–Crippen LogP) is 8.53. The monoisotopic (exact) mass is 636 g/mol. The fourth-order valence-electron chi connectivity index (χ4n) is 14.1. The smallest absolute Gasteiger partial charge is 0.0558 e. The van der Waals surface area contributed by atoms with Gasteiger partial charge >= 0.3 is 0 Å². The van der Waals surface area contributed by atoms with Crippen LogP contribution in [0.4, 0.5) is 0 Å². The predicted molar refractivity (Wildman–Crippen MR) is 191 cm³/mol. The third kappa shape index (κ3) is 4.96. The van der Waals surface area contributed by atoms with E-state index in [0.29, 0.717) is 0 Å². The molecule has 2 saturated heterocycles. The van der Waals surface area contributed by atoms with E-state index in [-0.39, 0.29) is 13.1 Å². The van der Waals surface area contributed by atoms with Crippen LogP contribution >= 0.6 is 17.2 Å². The highest BCUT2D eigenvalue weighted by Crippen LogP contribution is 2.72. The van der Waals surface area contributed by atoms with Crippen LogP contribution in [0.25, 0.3) is 0 Å². The van der Waals surface area contributed by atoms with Crippen molar-refractivity contribution in [3.8, 4) is 0 Å². The van der Waals surface area contributed by atoms with Crippen molar-refractivity contribution in [1.82, 2.24) is 10.6 Å². The maximum absolute atomic E-state index is 3.83. The van der Waals surface area contributed by atoms with Gasteiger partial charge < -0.3 is 10.6 Å². The van der Waals surface area contributed by atoms with Crippen LogP contribution in [0.15, 0.2) is 23.3 Å². The molecule has 11 rings (SSSR count). The summed E-state index contributed by atoms with van der Waals surface area (Å²) >= 11 is 0. The summed E-state index contributed by atoms with van der Waals surface area (Å²) in [7, 11) is 2.36. The maximum Gasteiger partial charge on any atom is 0.0558 e. The molecule has 2 N–H and O–H groups in total. The lowest BCUT2D eigenvalue weighted by Gasteiger charge is -2.62. The van der Waals surface area contributed by atoms with Crippen molar-refractivity contribution in [3.05, 3.63) is 23.3 Å². The van der Waals surface area contributed by atoms with E-state index in [0.717, 1.165) is 76.0 Å². The normalized spacial score (nSPS) is 50.3. The highest BCUT2D eigenvalue weighted by molar-refractivity contribution is 7.59. The first-order valence-corrected chi connectivity index (χ1v) is 25.0. The molecule has 2 nitrogen and oxygen atoms in total. The topological polar surface area (TPSA) is 24.1 Å². The largest absolute Gasteiger partial charge is 0.316 e. The lowest BCUT2D eigenvalue weighted by atomic mass is 9.55. The molecular weight excluding hydrogens is 574 g/mol. The first-order chi connectivity index (χ1) is 20.7. The summed E-state index contributed by atoms with van der Waals surface area (Å²) in [4.78, 5) is 0. The molecule has 2 heterocycles. The molecule has 0 aromatic carbocycles. The zero-order valence-electron chi connectivity index (χ0n) is 27.7. The maximum atomic E-state index is 3.83. The van der Waals surface area contributed by atoms with Gasteiger partial charge in [-0.3, -0.25) is 0 Å². The molecule has 0 amide bonds. The van der Waals surface area contributed by atoms with Crippen LogP contribution < -0.4 is 10.6 Å². The van der Waals surface area contributed by atoms with Gasteiger partial charge in [-0.05, 0) is 197 Å². The van der Waals surface area contributed by atoms with Gasteiger partial charge in [-0.1, -0.05) is 39.7 Å². The minimum absolute atomic E-state index is 0.0413. The zero-order chi connectivity index (χ0) is 29.1. The molecule has 10 fully saturated rings. The highest BCUT2D eigenvalue weighted by Gasteiger charge is 2.58. The summed E-state index contributed by atoms with van der Waals surface area (Å²) in [6, 6.07) is 0. The van der Waals surface area contributed by atoms with Crippen LogP contribution in [0, 0.1) is 59.2 Å². The van der Waals surface area contributed by atoms with Crippen molar-refractivity contribution in [2.45, 2.75) is 119 Å². The molecular formula is C38H62N2P2Si. The summed E-state index contributed by atoms with van der Waals surface area (Å²) in [5.41, 5.74) is 6.73. The molecule has 238 valence electrons. The Labute approximate surface area is 268 Å². The summed E-state index contributed by atoms with van der Waals surface area (Å²) in [6.07, 6.45) is 26.3. The third-order valence-corrected chi connectivity index (χ3v) is 23.0. The Morgan fingerprint density at radius 1 is 0.698 bits per heavy atom. The number of allylic oxidation sites excluding steroid dienone is 4.